The van der Waals surface area contributed by atoms with Gasteiger partial charge in [-0.1, -0.05) is 75.2 Å². The van der Waals surface area contributed by atoms with Crippen LogP contribution in [-0.4, -0.2) is 0 Å². The van der Waals surface area contributed by atoms with Crippen molar-refractivity contribution in [1.82, 2.24) is 0 Å². The Kier molecular flexibility index (Phi) is 8.83. The highest BCUT2D eigenvalue weighted by Gasteiger charge is 1.99. The molecule has 0 saturated carbocycles. The molecule has 2 heteroatoms. The van der Waals surface area contributed by atoms with E-state index in [2.05, 4.69) is 97.3 Å². The fourth-order valence-electron chi connectivity index (χ4n) is 3.52. The van der Waals surface area contributed by atoms with Crippen molar-refractivity contribution in [2.45, 2.75) is 65.5 Å². The Morgan fingerprint density at radius 2 is 0.800 bits per heavy atom. The second-order valence-corrected chi connectivity index (χ2v) is 8.12. The summed E-state index contributed by atoms with van der Waals surface area (Å²) in [5.41, 5.74) is 7.82. The molecule has 0 radical (unpaired) electrons. The van der Waals surface area contributed by atoms with E-state index in [0.29, 0.717) is 0 Å². The smallest absolute Gasteiger partial charge is 0.0400 e. The average molecular weight is 401 g/mol. The molecule has 0 fully saturated rings. The standard InChI is InChI=1S/C28H36N2/c1-3-5-7-23-13-17-27(18-14-23)29-21-25-9-11-26(12-10-25)22-30-28-19-15-24(16-20-28)8-6-4-2/h9-20,29-30H,3-8,21-22H2,1-2H3. The van der Waals surface area contributed by atoms with Crippen LogP contribution in [0.15, 0.2) is 72.8 Å². The van der Waals surface area contributed by atoms with Gasteiger partial charge in [0.2, 0.25) is 0 Å². The summed E-state index contributed by atoms with van der Waals surface area (Å²) in [4.78, 5) is 0. The highest BCUT2D eigenvalue weighted by atomic mass is 14.9. The molecule has 3 aromatic carbocycles. The van der Waals surface area contributed by atoms with Crippen molar-refractivity contribution in [1.29, 1.82) is 0 Å². The largest absolute Gasteiger partial charge is 0.381 e. The molecule has 30 heavy (non-hydrogen) atoms. The van der Waals surface area contributed by atoms with Gasteiger partial charge in [0.15, 0.2) is 0 Å². The molecule has 0 saturated heterocycles. The zero-order valence-electron chi connectivity index (χ0n) is 18.6. The van der Waals surface area contributed by atoms with Crippen molar-refractivity contribution in [3.63, 3.8) is 0 Å². The maximum atomic E-state index is 3.53. The van der Waals surface area contributed by atoms with Crippen LogP contribution in [0.3, 0.4) is 0 Å². The zero-order valence-corrected chi connectivity index (χ0v) is 18.6. The summed E-state index contributed by atoms with van der Waals surface area (Å²) in [7, 11) is 0. The third-order valence-corrected chi connectivity index (χ3v) is 5.56. The first-order valence-corrected chi connectivity index (χ1v) is 11.5. The molecule has 0 unspecified atom stereocenters. The first-order valence-electron chi connectivity index (χ1n) is 11.5. The minimum Gasteiger partial charge on any atom is -0.381 e. The van der Waals surface area contributed by atoms with Gasteiger partial charge in [0, 0.05) is 24.5 Å². The molecule has 2 N–H and O–H groups in total. The lowest BCUT2D eigenvalue weighted by Crippen LogP contribution is -2.02. The molecular formula is C28H36N2. The number of anilines is 2. The summed E-state index contributed by atoms with van der Waals surface area (Å²) in [6.45, 7) is 6.17. The summed E-state index contributed by atoms with van der Waals surface area (Å²) in [5, 5.41) is 7.05. The highest BCUT2D eigenvalue weighted by Crippen LogP contribution is 2.15. The van der Waals surface area contributed by atoms with Crippen LogP contribution in [0.5, 0.6) is 0 Å². The van der Waals surface area contributed by atoms with Gasteiger partial charge < -0.3 is 10.6 Å². The van der Waals surface area contributed by atoms with Crippen molar-refractivity contribution in [3.8, 4) is 0 Å². The van der Waals surface area contributed by atoms with E-state index in [1.54, 1.807) is 0 Å². The number of hydrogen-bond acceptors (Lipinski definition) is 2. The van der Waals surface area contributed by atoms with Crippen LogP contribution in [0.4, 0.5) is 11.4 Å². The molecule has 0 aromatic heterocycles. The first kappa shape index (κ1) is 22.0. The van der Waals surface area contributed by atoms with Gasteiger partial charge in [0.25, 0.3) is 0 Å². The third kappa shape index (κ3) is 7.26. The summed E-state index contributed by atoms with van der Waals surface area (Å²) >= 11 is 0. The van der Waals surface area contributed by atoms with Gasteiger partial charge in [-0.2, -0.15) is 0 Å². The van der Waals surface area contributed by atoms with E-state index in [9.17, 15) is 0 Å². The summed E-state index contributed by atoms with van der Waals surface area (Å²) < 4.78 is 0. The molecule has 0 spiro atoms. The molecule has 3 aromatic rings. The minimum atomic E-state index is 0.848. The van der Waals surface area contributed by atoms with Crippen molar-refractivity contribution in [3.05, 3.63) is 95.1 Å². The van der Waals surface area contributed by atoms with E-state index in [4.69, 9.17) is 0 Å². The highest BCUT2D eigenvalue weighted by molar-refractivity contribution is 5.46. The number of aryl methyl sites for hydroxylation is 2. The monoisotopic (exact) mass is 400 g/mol. The topological polar surface area (TPSA) is 24.1 Å². The second kappa shape index (κ2) is 12.1. The van der Waals surface area contributed by atoms with Gasteiger partial charge in [0.1, 0.15) is 0 Å². The number of nitrogens with one attached hydrogen (secondary N) is 2. The Balaban J connectivity index is 1.43. The quantitative estimate of drug-likeness (QED) is 0.327. The van der Waals surface area contributed by atoms with Gasteiger partial charge in [-0.25, -0.2) is 0 Å². The van der Waals surface area contributed by atoms with Crippen LogP contribution in [-0.2, 0) is 25.9 Å². The average Bonchev–Trinajstić information content (AvgIpc) is 2.80. The van der Waals surface area contributed by atoms with Crippen molar-refractivity contribution >= 4 is 11.4 Å². The van der Waals surface area contributed by atoms with Crippen LogP contribution >= 0.6 is 0 Å². The number of benzene rings is 3. The Morgan fingerprint density at radius 1 is 0.467 bits per heavy atom. The Labute approximate surface area is 182 Å². The SMILES string of the molecule is CCCCc1ccc(NCc2ccc(CNc3ccc(CCCC)cc3)cc2)cc1. The van der Waals surface area contributed by atoms with E-state index in [0.717, 1.165) is 13.1 Å². The van der Waals surface area contributed by atoms with Gasteiger partial charge in [-0.3, -0.25) is 0 Å². The predicted octanol–water partition coefficient (Wildman–Crippen LogP) is 7.60. The molecule has 0 aliphatic carbocycles. The Morgan fingerprint density at radius 3 is 1.13 bits per heavy atom. The molecule has 0 amide bonds. The number of unbranched alkanes of at least 4 members (excludes halogenated alkanes) is 2. The van der Waals surface area contributed by atoms with E-state index in [1.807, 2.05) is 0 Å². The van der Waals surface area contributed by atoms with Crippen LogP contribution in [0.1, 0.15) is 61.8 Å². The van der Waals surface area contributed by atoms with Crippen LogP contribution < -0.4 is 10.6 Å². The molecule has 0 aliphatic heterocycles. The third-order valence-electron chi connectivity index (χ3n) is 5.56. The summed E-state index contributed by atoms with van der Waals surface area (Å²) in [5.74, 6) is 0. The van der Waals surface area contributed by atoms with Crippen LogP contribution in [0.25, 0.3) is 0 Å². The zero-order chi connectivity index (χ0) is 21.0. The Hall–Kier alpha value is -2.74. The van der Waals surface area contributed by atoms with Crippen LogP contribution in [0.2, 0.25) is 0 Å². The molecule has 0 atom stereocenters. The second-order valence-electron chi connectivity index (χ2n) is 8.12. The fourth-order valence-corrected chi connectivity index (χ4v) is 3.52. The number of hydrogen-bond donors (Lipinski definition) is 2. The molecule has 3 rings (SSSR count). The van der Waals surface area contributed by atoms with Gasteiger partial charge >= 0.3 is 0 Å². The van der Waals surface area contributed by atoms with Gasteiger partial charge in [-0.05, 0) is 72.2 Å². The van der Waals surface area contributed by atoms with E-state index >= 15 is 0 Å². The lowest BCUT2D eigenvalue weighted by molar-refractivity contribution is 0.795. The van der Waals surface area contributed by atoms with E-state index in [-0.39, 0.29) is 0 Å². The predicted molar refractivity (Wildman–Crippen MR) is 131 cm³/mol. The van der Waals surface area contributed by atoms with E-state index in [1.165, 1.54) is 72.2 Å². The molecule has 0 bridgehead atoms. The molecule has 0 aliphatic rings. The summed E-state index contributed by atoms with van der Waals surface area (Å²) in [6, 6.07) is 26.6. The number of rotatable bonds is 12. The maximum Gasteiger partial charge on any atom is 0.0400 e. The normalized spacial score (nSPS) is 10.7. The summed E-state index contributed by atoms with van der Waals surface area (Å²) in [6.07, 6.45) is 7.37. The minimum absolute atomic E-state index is 0.848. The lowest BCUT2D eigenvalue weighted by Gasteiger charge is -2.10. The fraction of sp³-hybridized carbons (Fsp3) is 0.357. The van der Waals surface area contributed by atoms with Gasteiger partial charge in [0.05, 0.1) is 0 Å². The maximum absolute atomic E-state index is 3.53. The Bertz CT molecular complexity index is 774. The van der Waals surface area contributed by atoms with Gasteiger partial charge in [-0.15, -0.1) is 0 Å². The molecule has 2 nitrogen and oxygen atoms in total. The van der Waals surface area contributed by atoms with E-state index < -0.39 is 0 Å². The lowest BCUT2D eigenvalue weighted by atomic mass is 10.1. The van der Waals surface area contributed by atoms with Crippen LogP contribution in [0, 0.1) is 0 Å². The molecule has 158 valence electrons. The molecular weight excluding hydrogens is 364 g/mol. The van der Waals surface area contributed by atoms with Crippen molar-refractivity contribution < 1.29 is 0 Å². The molecule has 0 heterocycles. The van der Waals surface area contributed by atoms with Crippen molar-refractivity contribution in [2.24, 2.45) is 0 Å². The van der Waals surface area contributed by atoms with Crippen molar-refractivity contribution in [2.75, 3.05) is 10.6 Å². The first-order chi connectivity index (χ1) is 14.8.